The molecule has 0 aliphatic carbocycles. The Morgan fingerprint density at radius 1 is 1.43 bits per heavy atom. The molecule has 0 saturated carbocycles. The third kappa shape index (κ3) is 3.81. The number of carboxylic acid groups (broad SMARTS) is 1. The van der Waals surface area contributed by atoms with Gasteiger partial charge in [0.05, 0.1) is 30.5 Å². The molecular formula is C14H21N3O4. The fourth-order valence-corrected chi connectivity index (χ4v) is 2.08. The third-order valence-electron chi connectivity index (χ3n) is 3.76. The summed E-state index contributed by atoms with van der Waals surface area (Å²) in [4.78, 5) is 25.2. The SMILES string of the molecule is CC(C)(CCn1ncc(N2CCOCC2)cc1=O)C(=O)O. The number of hydrogen-bond acceptors (Lipinski definition) is 5. The molecule has 1 fully saturated rings. The first-order valence-electron chi connectivity index (χ1n) is 7.03. The maximum atomic E-state index is 12.1. The summed E-state index contributed by atoms with van der Waals surface area (Å²) in [5.41, 5.74) is -0.290. The van der Waals surface area contributed by atoms with Gasteiger partial charge in [-0.2, -0.15) is 5.10 Å². The summed E-state index contributed by atoms with van der Waals surface area (Å²) >= 11 is 0. The lowest BCUT2D eigenvalue weighted by molar-refractivity contribution is -0.147. The van der Waals surface area contributed by atoms with Crippen molar-refractivity contribution in [3.8, 4) is 0 Å². The second-order valence-electron chi connectivity index (χ2n) is 5.81. The first kappa shape index (κ1) is 15.5. The fourth-order valence-electron chi connectivity index (χ4n) is 2.08. The number of hydrogen-bond donors (Lipinski definition) is 1. The van der Waals surface area contributed by atoms with E-state index in [4.69, 9.17) is 9.84 Å². The zero-order valence-electron chi connectivity index (χ0n) is 12.4. The molecule has 0 atom stereocenters. The third-order valence-corrected chi connectivity index (χ3v) is 3.76. The fraction of sp³-hybridized carbons (Fsp3) is 0.643. The van der Waals surface area contributed by atoms with Gasteiger partial charge < -0.3 is 14.7 Å². The van der Waals surface area contributed by atoms with Crippen LogP contribution >= 0.6 is 0 Å². The molecule has 7 heteroatoms. The van der Waals surface area contributed by atoms with E-state index in [0.717, 1.165) is 18.8 Å². The first-order valence-corrected chi connectivity index (χ1v) is 7.03. The van der Waals surface area contributed by atoms with E-state index in [0.29, 0.717) is 26.2 Å². The van der Waals surface area contributed by atoms with Crippen molar-refractivity contribution < 1.29 is 14.6 Å². The van der Waals surface area contributed by atoms with Gasteiger partial charge in [-0.05, 0) is 20.3 Å². The number of nitrogens with zero attached hydrogens (tertiary/aromatic N) is 3. The van der Waals surface area contributed by atoms with Crippen LogP contribution in [0.25, 0.3) is 0 Å². The minimum atomic E-state index is -0.875. The van der Waals surface area contributed by atoms with Crippen molar-refractivity contribution in [1.29, 1.82) is 0 Å². The minimum absolute atomic E-state index is 0.208. The van der Waals surface area contributed by atoms with E-state index in [-0.39, 0.29) is 5.56 Å². The van der Waals surface area contributed by atoms with E-state index in [1.54, 1.807) is 26.1 Å². The van der Waals surface area contributed by atoms with E-state index < -0.39 is 11.4 Å². The first-order chi connectivity index (χ1) is 9.90. The van der Waals surface area contributed by atoms with Crippen molar-refractivity contribution in [3.05, 3.63) is 22.6 Å². The van der Waals surface area contributed by atoms with E-state index in [2.05, 4.69) is 10.00 Å². The number of aryl methyl sites for hydroxylation is 1. The Labute approximate surface area is 123 Å². The molecule has 0 bridgehead atoms. The van der Waals surface area contributed by atoms with Crippen molar-refractivity contribution in [2.45, 2.75) is 26.8 Å². The van der Waals surface area contributed by atoms with Crippen molar-refractivity contribution in [3.63, 3.8) is 0 Å². The normalized spacial score (nSPS) is 16.0. The summed E-state index contributed by atoms with van der Waals surface area (Å²) < 4.78 is 6.59. The molecule has 1 saturated heterocycles. The molecule has 21 heavy (non-hydrogen) atoms. The van der Waals surface area contributed by atoms with Crippen LogP contribution in [0, 0.1) is 5.41 Å². The molecule has 0 radical (unpaired) electrons. The molecule has 1 N–H and O–H groups in total. The molecule has 2 rings (SSSR count). The highest BCUT2D eigenvalue weighted by Crippen LogP contribution is 2.20. The Morgan fingerprint density at radius 3 is 2.67 bits per heavy atom. The summed E-state index contributed by atoms with van der Waals surface area (Å²) in [6, 6.07) is 1.55. The maximum Gasteiger partial charge on any atom is 0.309 e. The number of rotatable bonds is 5. The number of carbonyl (C=O) groups is 1. The van der Waals surface area contributed by atoms with E-state index in [1.165, 1.54) is 4.68 Å². The van der Waals surface area contributed by atoms with Crippen LogP contribution in [0.1, 0.15) is 20.3 Å². The standard InChI is InChI=1S/C14H21N3O4/c1-14(2,13(19)20)3-4-17-12(18)9-11(10-15-17)16-5-7-21-8-6-16/h9-10H,3-8H2,1-2H3,(H,19,20). The summed E-state index contributed by atoms with van der Waals surface area (Å²) in [7, 11) is 0. The minimum Gasteiger partial charge on any atom is -0.481 e. The van der Waals surface area contributed by atoms with Crippen LogP contribution in [0.3, 0.4) is 0 Å². The van der Waals surface area contributed by atoms with Gasteiger partial charge in [0.2, 0.25) is 0 Å². The van der Waals surface area contributed by atoms with Crippen molar-refractivity contribution >= 4 is 11.7 Å². The second-order valence-corrected chi connectivity index (χ2v) is 5.81. The van der Waals surface area contributed by atoms with Gasteiger partial charge in [0.25, 0.3) is 5.56 Å². The number of ether oxygens (including phenoxy) is 1. The number of carboxylic acids is 1. The van der Waals surface area contributed by atoms with Crippen LogP contribution in [-0.4, -0.2) is 47.2 Å². The van der Waals surface area contributed by atoms with Crippen molar-refractivity contribution in [1.82, 2.24) is 9.78 Å². The molecule has 2 heterocycles. The van der Waals surface area contributed by atoms with Gasteiger partial charge in [-0.1, -0.05) is 0 Å². The predicted octanol–water partition coefficient (Wildman–Crippen LogP) is 0.581. The number of aliphatic carboxylic acids is 1. The average molecular weight is 295 g/mol. The molecule has 1 aromatic heterocycles. The van der Waals surface area contributed by atoms with Gasteiger partial charge in [-0.15, -0.1) is 0 Å². The zero-order valence-corrected chi connectivity index (χ0v) is 12.4. The quantitative estimate of drug-likeness (QED) is 0.855. The zero-order chi connectivity index (χ0) is 15.5. The second kappa shape index (κ2) is 6.26. The van der Waals surface area contributed by atoms with Crippen LogP contribution < -0.4 is 10.5 Å². The smallest absolute Gasteiger partial charge is 0.309 e. The molecule has 0 unspecified atom stereocenters. The maximum absolute atomic E-state index is 12.1. The molecule has 1 aliphatic heterocycles. The molecule has 7 nitrogen and oxygen atoms in total. The lowest BCUT2D eigenvalue weighted by Crippen LogP contribution is -2.37. The van der Waals surface area contributed by atoms with Gasteiger partial charge in [-0.3, -0.25) is 9.59 Å². The lowest BCUT2D eigenvalue weighted by atomic mass is 9.90. The molecular weight excluding hydrogens is 274 g/mol. The van der Waals surface area contributed by atoms with Crippen LogP contribution in [0.4, 0.5) is 5.69 Å². The van der Waals surface area contributed by atoms with Crippen LogP contribution in [-0.2, 0) is 16.1 Å². The molecule has 1 aliphatic rings. The van der Waals surface area contributed by atoms with Gasteiger partial charge in [0, 0.05) is 25.7 Å². The largest absolute Gasteiger partial charge is 0.481 e. The molecule has 0 amide bonds. The van der Waals surface area contributed by atoms with Gasteiger partial charge >= 0.3 is 5.97 Å². The Kier molecular flexibility index (Phi) is 4.62. The van der Waals surface area contributed by atoms with E-state index >= 15 is 0 Å². The summed E-state index contributed by atoms with van der Waals surface area (Å²) in [6.07, 6.45) is 2.01. The van der Waals surface area contributed by atoms with Crippen LogP contribution in [0.2, 0.25) is 0 Å². The number of anilines is 1. The van der Waals surface area contributed by atoms with Crippen LogP contribution in [0.15, 0.2) is 17.1 Å². The van der Waals surface area contributed by atoms with E-state index in [9.17, 15) is 9.59 Å². The van der Waals surface area contributed by atoms with Crippen LogP contribution in [0.5, 0.6) is 0 Å². The highest BCUT2D eigenvalue weighted by Gasteiger charge is 2.27. The highest BCUT2D eigenvalue weighted by atomic mass is 16.5. The summed E-state index contributed by atoms with van der Waals surface area (Å²) in [5.74, 6) is -0.875. The Hall–Kier alpha value is -1.89. The number of aromatic nitrogens is 2. The number of morpholine rings is 1. The lowest BCUT2D eigenvalue weighted by Gasteiger charge is -2.28. The Bertz CT molecular complexity index is 562. The van der Waals surface area contributed by atoms with Crippen molar-refractivity contribution in [2.24, 2.45) is 5.41 Å². The molecule has 1 aromatic rings. The predicted molar refractivity (Wildman–Crippen MR) is 77.6 cm³/mol. The monoisotopic (exact) mass is 295 g/mol. The van der Waals surface area contributed by atoms with Crippen molar-refractivity contribution in [2.75, 3.05) is 31.2 Å². The average Bonchev–Trinajstić information content (AvgIpc) is 2.46. The van der Waals surface area contributed by atoms with Gasteiger partial charge in [0.15, 0.2) is 0 Å². The molecule has 0 aromatic carbocycles. The molecule has 0 spiro atoms. The van der Waals surface area contributed by atoms with E-state index in [1.807, 2.05) is 0 Å². The topological polar surface area (TPSA) is 84.7 Å². The Morgan fingerprint density at radius 2 is 2.10 bits per heavy atom. The Balaban J connectivity index is 2.05. The van der Waals surface area contributed by atoms with Gasteiger partial charge in [-0.25, -0.2) is 4.68 Å². The molecule has 116 valence electrons. The highest BCUT2D eigenvalue weighted by molar-refractivity contribution is 5.73. The summed E-state index contributed by atoms with van der Waals surface area (Å²) in [6.45, 7) is 6.37. The summed E-state index contributed by atoms with van der Waals surface area (Å²) in [5, 5.41) is 13.2. The van der Waals surface area contributed by atoms with Gasteiger partial charge in [0.1, 0.15) is 0 Å².